The molecule has 2 aromatic carbocycles. The van der Waals surface area contributed by atoms with Gasteiger partial charge >= 0.3 is 23.9 Å². The number of nitrogens with one attached hydrogen (secondary N) is 1. The minimum Gasteiger partial charge on any atom is -0.473 e. The van der Waals surface area contributed by atoms with Gasteiger partial charge in [-0.1, -0.05) is 15.5 Å². The Balaban J connectivity index is 1.93. The first-order valence-electron chi connectivity index (χ1n) is 8.60. The van der Waals surface area contributed by atoms with Gasteiger partial charge in [0.05, 0.1) is 11.4 Å². The number of nitrogens with two attached hydrogens (primary N) is 2. The Labute approximate surface area is 183 Å². The van der Waals surface area contributed by atoms with E-state index in [-0.39, 0.29) is 11.7 Å². The smallest absolute Gasteiger partial charge is 0.443 e. The summed E-state index contributed by atoms with van der Waals surface area (Å²) in [4.78, 5) is 50.6. The molecule has 7 N–H and O–H groups in total. The zero-order chi connectivity index (χ0) is 24.4. The monoisotopic (exact) mass is 457 g/mol. The van der Waals surface area contributed by atoms with Crippen LogP contribution in [0.15, 0.2) is 69.2 Å². The van der Waals surface area contributed by atoms with Crippen LogP contribution in [0.25, 0.3) is 0 Å². The van der Waals surface area contributed by atoms with E-state index in [4.69, 9.17) is 21.7 Å². The van der Waals surface area contributed by atoms with Gasteiger partial charge in [-0.05, 0) is 48.5 Å². The Morgan fingerprint density at radius 3 is 1.58 bits per heavy atom. The minimum absolute atomic E-state index is 0.210. The van der Waals surface area contributed by atoms with Crippen molar-refractivity contribution in [1.82, 2.24) is 0 Å². The van der Waals surface area contributed by atoms with Crippen LogP contribution in [0.2, 0.25) is 0 Å². The molecule has 2 aromatic rings. The SMILES string of the molecule is N/C(=N\OC(=O)C(=O)O)c1ccc(N=NNc2ccc(/C(N)=N/OC(=O)C(=O)O)cc2)cc1. The summed E-state index contributed by atoms with van der Waals surface area (Å²) < 4.78 is 0. The predicted octanol–water partition coefficient (Wildman–Crippen LogP) is 0.294. The molecule has 2 rings (SSSR count). The second kappa shape index (κ2) is 11.2. The fourth-order valence-electron chi connectivity index (χ4n) is 1.92. The zero-order valence-corrected chi connectivity index (χ0v) is 16.4. The molecule has 0 heterocycles. The van der Waals surface area contributed by atoms with E-state index in [2.05, 4.69) is 35.7 Å². The highest BCUT2D eigenvalue weighted by molar-refractivity contribution is 6.29. The number of carbonyl (C=O) groups excluding carboxylic acids is 2. The number of anilines is 1. The normalized spacial score (nSPS) is 11.6. The quantitative estimate of drug-likeness (QED) is 0.0944. The number of hydrogen-bond donors (Lipinski definition) is 5. The van der Waals surface area contributed by atoms with Gasteiger partial charge in [0.25, 0.3) is 0 Å². The second-order valence-corrected chi connectivity index (χ2v) is 5.76. The minimum atomic E-state index is -1.80. The number of nitrogens with zero attached hydrogens (tertiary/aromatic N) is 4. The van der Waals surface area contributed by atoms with Crippen LogP contribution in [-0.2, 0) is 28.9 Å². The molecule has 0 fully saturated rings. The van der Waals surface area contributed by atoms with Crippen molar-refractivity contribution in [3.63, 3.8) is 0 Å². The van der Waals surface area contributed by atoms with Crippen LogP contribution in [-0.4, -0.2) is 45.8 Å². The molecule has 0 bridgehead atoms. The molecule has 0 unspecified atom stereocenters. The number of oxime groups is 2. The zero-order valence-electron chi connectivity index (χ0n) is 16.4. The number of amidine groups is 2. The van der Waals surface area contributed by atoms with E-state index in [1.54, 1.807) is 12.1 Å². The average Bonchev–Trinajstić information content (AvgIpc) is 2.81. The number of carbonyl (C=O) groups is 4. The van der Waals surface area contributed by atoms with Crippen LogP contribution in [0, 0.1) is 0 Å². The highest BCUT2D eigenvalue weighted by Gasteiger charge is 2.14. The topological polar surface area (TPSA) is 241 Å². The number of carboxylic acid groups (broad SMARTS) is 2. The number of benzene rings is 2. The van der Waals surface area contributed by atoms with Gasteiger partial charge in [0.15, 0.2) is 11.7 Å². The van der Waals surface area contributed by atoms with Crippen LogP contribution in [0.4, 0.5) is 11.4 Å². The van der Waals surface area contributed by atoms with E-state index < -0.39 is 23.9 Å². The lowest BCUT2D eigenvalue weighted by molar-refractivity contribution is -0.163. The van der Waals surface area contributed by atoms with Gasteiger partial charge < -0.3 is 31.4 Å². The first-order valence-corrected chi connectivity index (χ1v) is 8.60. The van der Waals surface area contributed by atoms with Crippen molar-refractivity contribution in [2.24, 2.45) is 32.1 Å². The lowest BCUT2D eigenvalue weighted by Crippen LogP contribution is -2.18. The Hall–Kier alpha value is -5.34. The van der Waals surface area contributed by atoms with Crippen LogP contribution in [0.5, 0.6) is 0 Å². The largest absolute Gasteiger partial charge is 0.473 e. The first-order chi connectivity index (χ1) is 15.7. The highest BCUT2D eigenvalue weighted by Crippen LogP contribution is 2.15. The van der Waals surface area contributed by atoms with Crippen molar-refractivity contribution in [2.75, 3.05) is 5.43 Å². The van der Waals surface area contributed by atoms with Crippen molar-refractivity contribution >= 4 is 46.9 Å². The third kappa shape index (κ3) is 7.45. The van der Waals surface area contributed by atoms with E-state index >= 15 is 0 Å². The summed E-state index contributed by atoms with van der Waals surface area (Å²) in [6.07, 6.45) is 0. The number of rotatable bonds is 7. The number of hydrogen-bond acceptors (Lipinski definition) is 10. The predicted molar refractivity (Wildman–Crippen MR) is 110 cm³/mol. The average molecular weight is 457 g/mol. The fourth-order valence-corrected chi connectivity index (χ4v) is 1.92. The summed E-state index contributed by atoms with van der Waals surface area (Å²) in [6.45, 7) is 0. The molecule has 0 amide bonds. The van der Waals surface area contributed by atoms with Crippen LogP contribution < -0.4 is 16.9 Å². The van der Waals surface area contributed by atoms with Crippen LogP contribution in [0.3, 0.4) is 0 Å². The molecule has 15 nitrogen and oxygen atoms in total. The van der Waals surface area contributed by atoms with Gasteiger partial charge in [-0.25, -0.2) is 19.2 Å². The third-order valence-electron chi connectivity index (χ3n) is 3.49. The summed E-state index contributed by atoms with van der Waals surface area (Å²) in [5.74, 6) is -7.17. The van der Waals surface area contributed by atoms with Crippen LogP contribution in [0.1, 0.15) is 11.1 Å². The van der Waals surface area contributed by atoms with E-state index in [9.17, 15) is 19.2 Å². The summed E-state index contributed by atoms with van der Waals surface area (Å²) >= 11 is 0. The molecular formula is C18H15N7O8. The Kier molecular flexibility index (Phi) is 8.09. The van der Waals surface area contributed by atoms with E-state index in [0.717, 1.165) is 0 Å². The van der Waals surface area contributed by atoms with E-state index in [1.165, 1.54) is 36.4 Å². The van der Waals surface area contributed by atoms with Crippen molar-refractivity contribution in [2.45, 2.75) is 0 Å². The summed E-state index contributed by atoms with van der Waals surface area (Å²) in [7, 11) is 0. The lowest BCUT2D eigenvalue weighted by atomic mass is 10.2. The summed E-state index contributed by atoms with van der Waals surface area (Å²) in [5.41, 5.74) is 15.5. The molecule has 0 saturated carbocycles. The molecule has 0 spiro atoms. The second-order valence-electron chi connectivity index (χ2n) is 5.76. The third-order valence-corrected chi connectivity index (χ3v) is 3.49. The first kappa shape index (κ1) is 23.9. The van der Waals surface area contributed by atoms with Gasteiger partial charge in [0.1, 0.15) is 0 Å². The molecule has 170 valence electrons. The maximum Gasteiger partial charge on any atom is 0.443 e. The molecule has 0 saturated heterocycles. The van der Waals surface area contributed by atoms with Gasteiger partial charge in [0, 0.05) is 11.1 Å². The van der Waals surface area contributed by atoms with Gasteiger partial charge in [-0.15, -0.1) is 5.11 Å². The molecular weight excluding hydrogens is 442 g/mol. The molecule has 0 aliphatic heterocycles. The van der Waals surface area contributed by atoms with Crippen molar-refractivity contribution < 1.29 is 39.1 Å². The van der Waals surface area contributed by atoms with Crippen LogP contribution >= 0.6 is 0 Å². The maximum absolute atomic E-state index is 10.8. The molecule has 0 aliphatic rings. The van der Waals surface area contributed by atoms with Crippen molar-refractivity contribution in [3.05, 3.63) is 59.7 Å². The van der Waals surface area contributed by atoms with E-state index in [1.807, 2.05) is 0 Å². The molecule has 0 atom stereocenters. The maximum atomic E-state index is 10.8. The fraction of sp³-hybridized carbons (Fsp3) is 0. The highest BCUT2D eigenvalue weighted by atomic mass is 16.7. The lowest BCUT2D eigenvalue weighted by Gasteiger charge is -2.03. The molecule has 0 aliphatic carbocycles. The van der Waals surface area contributed by atoms with Crippen molar-refractivity contribution in [3.8, 4) is 0 Å². The number of carboxylic acids is 2. The van der Waals surface area contributed by atoms with Gasteiger partial charge in [0.2, 0.25) is 0 Å². The Morgan fingerprint density at radius 2 is 1.15 bits per heavy atom. The summed E-state index contributed by atoms with van der Waals surface area (Å²) in [5, 5.41) is 31.0. The molecule has 15 heteroatoms. The Bertz CT molecular complexity index is 1140. The van der Waals surface area contributed by atoms with Crippen molar-refractivity contribution in [1.29, 1.82) is 0 Å². The van der Waals surface area contributed by atoms with E-state index in [0.29, 0.717) is 22.5 Å². The molecule has 0 radical (unpaired) electrons. The molecule has 0 aromatic heterocycles. The standard InChI is InChI=1S/C18H15N7O8/c19-13(23-32-17(30)15(26)27)9-1-5-11(6-2-9)21-25-22-12-7-3-10(4-8-12)14(20)24-33-18(31)16(28)29/h1-8H,(H2,19,23)(H2,20,24)(H,21,22)(H,26,27)(H,28,29). The number of aliphatic carboxylic acids is 2. The van der Waals surface area contributed by atoms with Gasteiger partial charge in [-0.2, -0.15) is 0 Å². The summed E-state index contributed by atoms with van der Waals surface area (Å²) in [6, 6.07) is 12.2. The Morgan fingerprint density at radius 1 is 0.727 bits per heavy atom. The van der Waals surface area contributed by atoms with Gasteiger partial charge in [-0.3, -0.25) is 5.43 Å². The molecule has 33 heavy (non-hydrogen) atoms.